The summed E-state index contributed by atoms with van der Waals surface area (Å²) >= 11 is 1.92. The van der Waals surface area contributed by atoms with Crippen molar-refractivity contribution in [3.05, 3.63) is 23.0 Å². The van der Waals surface area contributed by atoms with Crippen molar-refractivity contribution in [3.8, 4) is 6.07 Å². The normalized spacial score (nSPS) is 10.6. The Balaban J connectivity index is 2.26. The lowest BCUT2D eigenvalue weighted by Crippen LogP contribution is -2.15. The predicted molar refractivity (Wildman–Crippen MR) is 78.8 cm³/mol. The quantitative estimate of drug-likeness (QED) is 0.735. The Labute approximate surface area is 115 Å². The standard InChI is InChI=1S/C14H23N3S/c1-12-13(9-14(10-15)17(12)2)11-16-7-5-4-6-8-18-3/h9,16H,4-8,11H2,1-3H3. The van der Waals surface area contributed by atoms with E-state index >= 15 is 0 Å². The van der Waals surface area contributed by atoms with E-state index < -0.39 is 0 Å². The predicted octanol–water partition coefficient (Wildman–Crippen LogP) is 2.83. The molecule has 0 bridgehead atoms. The third kappa shape index (κ3) is 4.40. The van der Waals surface area contributed by atoms with E-state index in [-0.39, 0.29) is 0 Å². The Hall–Kier alpha value is -0.920. The topological polar surface area (TPSA) is 40.8 Å². The SMILES string of the molecule is CSCCCCCNCc1cc(C#N)n(C)c1C. The molecule has 1 aromatic heterocycles. The number of nitrogens with zero attached hydrogens (tertiary/aromatic N) is 2. The second kappa shape index (κ2) is 8.23. The zero-order chi connectivity index (χ0) is 13.4. The molecule has 0 saturated heterocycles. The molecule has 0 aromatic carbocycles. The van der Waals surface area contributed by atoms with Crippen LogP contribution < -0.4 is 5.32 Å². The van der Waals surface area contributed by atoms with Gasteiger partial charge in [0.2, 0.25) is 0 Å². The average molecular weight is 265 g/mol. The van der Waals surface area contributed by atoms with Crippen molar-refractivity contribution in [1.82, 2.24) is 9.88 Å². The maximum absolute atomic E-state index is 8.96. The van der Waals surface area contributed by atoms with Gasteiger partial charge in [-0.25, -0.2) is 0 Å². The molecule has 0 aliphatic heterocycles. The third-order valence-corrected chi connectivity index (χ3v) is 3.97. The van der Waals surface area contributed by atoms with Gasteiger partial charge in [0.15, 0.2) is 0 Å². The van der Waals surface area contributed by atoms with Gasteiger partial charge in [0, 0.05) is 19.3 Å². The molecule has 1 rings (SSSR count). The van der Waals surface area contributed by atoms with Crippen LogP contribution in [0.2, 0.25) is 0 Å². The van der Waals surface area contributed by atoms with Crippen molar-refractivity contribution in [2.75, 3.05) is 18.6 Å². The van der Waals surface area contributed by atoms with Crippen molar-refractivity contribution in [3.63, 3.8) is 0 Å². The van der Waals surface area contributed by atoms with Crippen LogP contribution >= 0.6 is 11.8 Å². The van der Waals surface area contributed by atoms with E-state index in [4.69, 9.17) is 5.26 Å². The van der Waals surface area contributed by atoms with E-state index in [1.165, 1.54) is 36.3 Å². The smallest absolute Gasteiger partial charge is 0.120 e. The monoisotopic (exact) mass is 265 g/mol. The number of hydrogen-bond acceptors (Lipinski definition) is 3. The number of rotatable bonds is 8. The van der Waals surface area contributed by atoms with Crippen LogP contribution in [0.25, 0.3) is 0 Å². The van der Waals surface area contributed by atoms with Gasteiger partial charge in [0.05, 0.1) is 0 Å². The van der Waals surface area contributed by atoms with Crippen LogP contribution in [0.15, 0.2) is 6.07 Å². The van der Waals surface area contributed by atoms with Crippen LogP contribution in [0.5, 0.6) is 0 Å². The number of thioether (sulfide) groups is 1. The summed E-state index contributed by atoms with van der Waals surface area (Å²) in [5, 5.41) is 12.4. The number of hydrogen-bond donors (Lipinski definition) is 1. The lowest BCUT2D eigenvalue weighted by molar-refractivity contribution is 0.616. The van der Waals surface area contributed by atoms with Crippen molar-refractivity contribution in [2.45, 2.75) is 32.7 Å². The fraction of sp³-hybridized carbons (Fsp3) is 0.643. The first-order valence-corrected chi connectivity index (χ1v) is 7.85. The summed E-state index contributed by atoms with van der Waals surface area (Å²) in [6.07, 6.45) is 6.00. The molecule has 0 aliphatic rings. The van der Waals surface area contributed by atoms with Crippen molar-refractivity contribution >= 4 is 11.8 Å². The van der Waals surface area contributed by atoms with Crippen LogP contribution in [0.1, 0.15) is 36.2 Å². The van der Waals surface area contributed by atoms with Crippen molar-refractivity contribution in [2.24, 2.45) is 7.05 Å². The lowest BCUT2D eigenvalue weighted by atomic mass is 10.2. The summed E-state index contributed by atoms with van der Waals surface area (Å²) in [6.45, 7) is 3.99. The van der Waals surface area contributed by atoms with E-state index in [1.807, 2.05) is 29.4 Å². The third-order valence-electron chi connectivity index (χ3n) is 3.27. The number of nitrogens with one attached hydrogen (secondary N) is 1. The Morgan fingerprint density at radius 3 is 2.78 bits per heavy atom. The fourth-order valence-corrected chi connectivity index (χ4v) is 2.44. The van der Waals surface area contributed by atoms with Crippen molar-refractivity contribution in [1.29, 1.82) is 5.26 Å². The van der Waals surface area contributed by atoms with Crippen LogP contribution in [0, 0.1) is 18.3 Å². The molecule has 0 atom stereocenters. The molecule has 18 heavy (non-hydrogen) atoms. The summed E-state index contributed by atoms with van der Waals surface area (Å²) in [5.74, 6) is 1.27. The Morgan fingerprint density at radius 1 is 1.39 bits per heavy atom. The van der Waals surface area contributed by atoms with Gasteiger partial charge in [-0.1, -0.05) is 6.42 Å². The number of nitriles is 1. The highest BCUT2D eigenvalue weighted by molar-refractivity contribution is 7.98. The summed E-state index contributed by atoms with van der Waals surface area (Å²) in [4.78, 5) is 0. The van der Waals surface area contributed by atoms with Gasteiger partial charge in [-0.3, -0.25) is 0 Å². The summed E-state index contributed by atoms with van der Waals surface area (Å²) in [6, 6.07) is 4.20. The molecule has 1 heterocycles. The summed E-state index contributed by atoms with van der Waals surface area (Å²) in [5.41, 5.74) is 3.16. The molecule has 0 amide bonds. The van der Waals surface area contributed by atoms with E-state index in [0.29, 0.717) is 0 Å². The van der Waals surface area contributed by atoms with Gasteiger partial charge in [-0.05, 0) is 49.9 Å². The van der Waals surface area contributed by atoms with Crippen LogP contribution in [0.4, 0.5) is 0 Å². The molecule has 0 saturated carbocycles. The first kappa shape index (κ1) is 15.1. The average Bonchev–Trinajstić information content (AvgIpc) is 2.65. The second-order valence-electron chi connectivity index (χ2n) is 4.54. The van der Waals surface area contributed by atoms with E-state index in [0.717, 1.165) is 18.8 Å². The van der Waals surface area contributed by atoms with Gasteiger partial charge in [0.25, 0.3) is 0 Å². The van der Waals surface area contributed by atoms with Gasteiger partial charge in [0.1, 0.15) is 11.8 Å². The maximum Gasteiger partial charge on any atom is 0.120 e. The minimum absolute atomic E-state index is 0.740. The first-order chi connectivity index (χ1) is 8.70. The fourth-order valence-electron chi connectivity index (χ4n) is 1.94. The molecule has 0 unspecified atom stereocenters. The maximum atomic E-state index is 8.96. The lowest BCUT2D eigenvalue weighted by Gasteiger charge is -2.05. The highest BCUT2D eigenvalue weighted by Gasteiger charge is 2.07. The van der Waals surface area contributed by atoms with E-state index in [1.54, 1.807) is 0 Å². The summed E-state index contributed by atoms with van der Waals surface area (Å²) in [7, 11) is 1.94. The Morgan fingerprint density at radius 2 is 2.17 bits per heavy atom. The van der Waals surface area contributed by atoms with Gasteiger partial charge >= 0.3 is 0 Å². The minimum Gasteiger partial charge on any atom is -0.340 e. The molecule has 100 valence electrons. The molecule has 0 radical (unpaired) electrons. The van der Waals surface area contributed by atoms with E-state index in [2.05, 4.69) is 24.6 Å². The van der Waals surface area contributed by atoms with Crippen LogP contribution in [-0.2, 0) is 13.6 Å². The van der Waals surface area contributed by atoms with Gasteiger partial charge in [-0.15, -0.1) is 0 Å². The zero-order valence-corrected chi connectivity index (χ0v) is 12.4. The Bertz CT molecular complexity index is 404. The molecular weight excluding hydrogens is 242 g/mol. The highest BCUT2D eigenvalue weighted by Crippen LogP contribution is 2.13. The molecule has 4 heteroatoms. The molecular formula is C14H23N3S. The van der Waals surface area contributed by atoms with E-state index in [9.17, 15) is 0 Å². The molecule has 1 aromatic rings. The molecule has 3 nitrogen and oxygen atoms in total. The van der Waals surface area contributed by atoms with Gasteiger partial charge in [-0.2, -0.15) is 17.0 Å². The van der Waals surface area contributed by atoms with Crippen molar-refractivity contribution < 1.29 is 0 Å². The number of unbranched alkanes of at least 4 members (excludes halogenated alkanes) is 2. The number of aromatic nitrogens is 1. The largest absolute Gasteiger partial charge is 0.340 e. The first-order valence-electron chi connectivity index (χ1n) is 6.45. The summed E-state index contributed by atoms with van der Waals surface area (Å²) < 4.78 is 1.95. The molecule has 0 aliphatic carbocycles. The second-order valence-corrected chi connectivity index (χ2v) is 5.53. The molecule has 1 N–H and O–H groups in total. The Kier molecular flexibility index (Phi) is 6.92. The van der Waals surface area contributed by atoms with Crippen LogP contribution in [-0.4, -0.2) is 23.1 Å². The molecule has 0 spiro atoms. The highest BCUT2D eigenvalue weighted by atomic mass is 32.2. The molecule has 0 fully saturated rings. The minimum atomic E-state index is 0.740. The van der Waals surface area contributed by atoms with Gasteiger partial charge < -0.3 is 9.88 Å². The van der Waals surface area contributed by atoms with Crippen LogP contribution in [0.3, 0.4) is 0 Å². The zero-order valence-electron chi connectivity index (χ0n) is 11.6.